The van der Waals surface area contributed by atoms with Crippen LogP contribution in [0.15, 0.2) is 46.0 Å². The Hall–Kier alpha value is -3.25. The van der Waals surface area contributed by atoms with Crippen molar-refractivity contribution in [3.05, 3.63) is 73.5 Å². The molecule has 0 aliphatic carbocycles. The molecule has 10 nitrogen and oxygen atoms in total. The minimum Gasteiger partial charge on any atom is -0.345 e. The van der Waals surface area contributed by atoms with Gasteiger partial charge in [0.15, 0.2) is 11.0 Å². The number of nitrogens with one attached hydrogen (secondary N) is 2. The number of anilines is 1. The molecule has 0 spiro atoms. The topological polar surface area (TPSA) is 132 Å². The van der Waals surface area contributed by atoms with Crippen LogP contribution in [0.1, 0.15) is 34.2 Å². The number of nitro groups is 1. The molecule has 1 heterocycles. The first-order valence-corrected chi connectivity index (χ1v) is 12.1. The van der Waals surface area contributed by atoms with E-state index in [0.717, 1.165) is 15.6 Å². The third-order valence-corrected chi connectivity index (χ3v) is 6.65. The number of amides is 2. The molecule has 0 aliphatic heterocycles. The highest BCUT2D eigenvalue weighted by atomic mass is 79.9. The van der Waals surface area contributed by atoms with Gasteiger partial charge in [0.2, 0.25) is 5.91 Å². The summed E-state index contributed by atoms with van der Waals surface area (Å²) in [6.07, 6.45) is 0. The average molecular weight is 547 g/mol. The molecular formula is C22H23BrN6O4S. The second kappa shape index (κ2) is 11.3. The van der Waals surface area contributed by atoms with E-state index >= 15 is 0 Å². The Labute approximate surface area is 208 Å². The van der Waals surface area contributed by atoms with Crippen molar-refractivity contribution in [3.8, 4) is 0 Å². The standard InChI is InChI=1S/C22H23BrN6O4S/c1-4-28-19(11-24-21(31)15-6-5-7-16(10-15)29(32)33)26-27-22(28)34-12-20(30)25-18-9-14(3)13(2)8-17(18)23/h5-10H,4,11-12H2,1-3H3,(H,24,31)(H,25,30). The number of benzene rings is 2. The monoisotopic (exact) mass is 546 g/mol. The first kappa shape index (κ1) is 25.4. The third-order valence-electron chi connectivity index (χ3n) is 5.03. The molecule has 0 radical (unpaired) electrons. The van der Waals surface area contributed by atoms with Gasteiger partial charge in [0.25, 0.3) is 11.6 Å². The first-order chi connectivity index (χ1) is 16.2. The molecule has 12 heteroatoms. The van der Waals surface area contributed by atoms with Gasteiger partial charge in [-0.25, -0.2) is 0 Å². The molecule has 3 rings (SSSR count). The molecule has 0 atom stereocenters. The third kappa shape index (κ3) is 6.20. The van der Waals surface area contributed by atoms with Gasteiger partial charge < -0.3 is 15.2 Å². The van der Waals surface area contributed by atoms with Gasteiger partial charge in [0.1, 0.15) is 0 Å². The van der Waals surface area contributed by atoms with Gasteiger partial charge in [-0.3, -0.25) is 19.7 Å². The molecule has 0 saturated heterocycles. The molecule has 0 aliphatic rings. The van der Waals surface area contributed by atoms with E-state index in [4.69, 9.17) is 0 Å². The Morgan fingerprint density at radius 1 is 1.18 bits per heavy atom. The molecule has 3 aromatic rings. The minimum atomic E-state index is -0.553. The number of rotatable bonds is 9. The van der Waals surface area contributed by atoms with E-state index in [-0.39, 0.29) is 29.5 Å². The lowest BCUT2D eigenvalue weighted by atomic mass is 10.1. The summed E-state index contributed by atoms with van der Waals surface area (Å²) in [7, 11) is 0. The smallest absolute Gasteiger partial charge is 0.270 e. The van der Waals surface area contributed by atoms with Gasteiger partial charge in [-0.1, -0.05) is 17.8 Å². The van der Waals surface area contributed by atoms with Crippen LogP contribution in [0.5, 0.6) is 0 Å². The van der Waals surface area contributed by atoms with E-state index in [0.29, 0.717) is 23.2 Å². The Morgan fingerprint density at radius 3 is 2.62 bits per heavy atom. The molecule has 0 fully saturated rings. The number of carbonyl (C=O) groups is 2. The fourth-order valence-corrected chi connectivity index (χ4v) is 4.47. The fraction of sp³-hybridized carbons (Fsp3) is 0.273. The zero-order valence-electron chi connectivity index (χ0n) is 18.8. The maximum Gasteiger partial charge on any atom is 0.270 e. The van der Waals surface area contributed by atoms with Gasteiger partial charge in [-0.2, -0.15) is 0 Å². The summed E-state index contributed by atoms with van der Waals surface area (Å²) >= 11 is 4.72. The summed E-state index contributed by atoms with van der Waals surface area (Å²) in [5.74, 6) is 0.0143. The Kier molecular flexibility index (Phi) is 8.40. The van der Waals surface area contributed by atoms with E-state index in [2.05, 4.69) is 36.8 Å². The van der Waals surface area contributed by atoms with Crippen LogP contribution in [0, 0.1) is 24.0 Å². The first-order valence-electron chi connectivity index (χ1n) is 10.3. The number of hydrogen-bond donors (Lipinski definition) is 2. The van der Waals surface area contributed by atoms with Crippen molar-refractivity contribution in [3.63, 3.8) is 0 Å². The molecule has 1 aromatic heterocycles. The van der Waals surface area contributed by atoms with Crippen LogP contribution in [0.25, 0.3) is 0 Å². The summed E-state index contributed by atoms with van der Waals surface area (Å²) in [5.41, 5.74) is 2.93. The zero-order chi connectivity index (χ0) is 24.8. The molecule has 0 bridgehead atoms. The van der Waals surface area contributed by atoms with Crippen molar-refractivity contribution >= 4 is 50.9 Å². The maximum atomic E-state index is 12.5. The highest BCUT2D eigenvalue weighted by Crippen LogP contribution is 2.26. The number of halogens is 1. The van der Waals surface area contributed by atoms with Crippen molar-refractivity contribution < 1.29 is 14.5 Å². The van der Waals surface area contributed by atoms with Gasteiger partial charge in [0, 0.05) is 28.7 Å². The minimum absolute atomic E-state index is 0.0880. The second-order valence-corrected chi connectivity index (χ2v) is 9.18. The van der Waals surface area contributed by atoms with Crippen LogP contribution in [0.2, 0.25) is 0 Å². The van der Waals surface area contributed by atoms with E-state index in [1.807, 2.05) is 32.9 Å². The summed E-state index contributed by atoms with van der Waals surface area (Å²) in [6, 6.07) is 9.37. The van der Waals surface area contributed by atoms with Gasteiger partial charge in [0.05, 0.1) is 22.9 Å². The summed E-state index contributed by atoms with van der Waals surface area (Å²) in [6.45, 7) is 6.52. The SMILES string of the molecule is CCn1c(CNC(=O)c2cccc([N+](=O)[O-])c2)nnc1SCC(=O)Nc1cc(C)c(C)cc1Br. The van der Waals surface area contributed by atoms with Crippen LogP contribution >= 0.6 is 27.7 Å². The van der Waals surface area contributed by atoms with Crippen LogP contribution in [0.4, 0.5) is 11.4 Å². The Balaban J connectivity index is 1.60. The number of hydrogen-bond acceptors (Lipinski definition) is 7. The van der Waals surface area contributed by atoms with Crippen LogP contribution < -0.4 is 10.6 Å². The van der Waals surface area contributed by atoms with E-state index in [9.17, 15) is 19.7 Å². The zero-order valence-corrected chi connectivity index (χ0v) is 21.2. The predicted molar refractivity (Wildman–Crippen MR) is 133 cm³/mol. The van der Waals surface area contributed by atoms with Crippen LogP contribution in [-0.2, 0) is 17.9 Å². The maximum absolute atomic E-state index is 12.5. The number of aryl methyl sites for hydroxylation is 2. The van der Waals surface area contributed by atoms with Crippen LogP contribution in [-0.4, -0.2) is 37.3 Å². The quantitative estimate of drug-likeness (QED) is 0.233. The molecule has 0 unspecified atom stereocenters. The van der Waals surface area contributed by atoms with Gasteiger partial charge in [-0.05, 0) is 66.0 Å². The number of aromatic nitrogens is 3. The van der Waals surface area contributed by atoms with Crippen molar-refractivity contribution in [1.29, 1.82) is 0 Å². The summed E-state index contributed by atoms with van der Waals surface area (Å²) < 4.78 is 2.62. The molecule has 2 aromatic carbocycles. The average Bonchev–Trinajstić information content (AvgIpc) is 3.21. The van der Waals surface area contributed by atoms with E-state index in [1.54, 1.807) is 4.57 Å². The fourth-order valence-electron chi connectivity index (χ4n) is 3.09. The van der Waals surface area contributed by atoms with Gasteiger partial charge in [-0.15, -0.1) is 10.2 Å². The number of non-ortho nitro benzene ring substituents is 1. The van der Waals surface area contributed by atoms with Crippen molar-refractivity contribution in [2.75, 3.05) is 11.1 Å². The molecule has 0 saturated carbocycles. The molecule has 2 amide bonds. The summed E-state index contributed by atoms with van der Waals surface area (Å²) in [4.78, 5) is 35.2. The van der Waals surface area contributed by atoms with E-state index in [1.165, 1.54) is 36.0 Å². The van der Waals surface area contributed by atoms with Crippen molar-refractivity contribution in [1.82, 2.24) is 20.1 Å². The van der Waals surface area contributed by atoms with Crippen molar-refractivity contribution in [2.45, 2.75) is 39.0 Å². The Bertz CT molecular complexity index is 1250. The second-order valence-electron chi connectivity index (χ2n) is 7.39. The number of nitro benzene ring substituents is 1. The lowest BCUT2D eigenvalue weighted by Crippen LogP contribution is -2.25. The molecule has 2 N–H and O–H groups in total. The number of thioether (sulfide) groups is 1. The number of nitrogens with zero attached hydrogens (tertiary/aromatic N) is 4. The molecular weight excluding hydrogens is 524 g/mol. The van der Waals surface area contributed by atoms with E-state index < -0.39 is 10.8 Å². The highest BCUT2D eigenvalue weighted by molar-refractivity contribution is 9.10. The lowest BCUT2D eigenvalue weighted by Gasteiger charge is -2.11. The lowest BCUT2D eigenvalue weighted by molar-refractivity contribution is -0.384. The largest absolute Gasteiger partial charge is 0.345 e. The normalized spacial score (nSPS) is 10.7. The summed E-state index contributed by atoms with van der Waals surface area (Å²) in [5, 5.41) is 25.3. The Morgan fingerprint density at radius 2 is 1.91 bits per heavy atom. The van der Waals surface area contributed by atoms with Crippen LogP contribution in [0.3, 0.4) is 0 Å². The molecule has 178 valence electrons. The molecule has 34 heavy (non-hydrogen) atoms. The van der Waals surface area contributed by atoms with Crippen molar-refractivity contribution in [2.24, 2.45) is 0 Å². The van der Waals surface area contributed by atoms with Gasteiger partial charge >= 0.3 is 0 Å². The number of carbonyl (C=O) groups excluding carboxylic acids is 2. The highest BCUT2D eigenvalue weighted by Gasteiger charge is 2.16. The predicted octanol–water partition coefficient (Wildman–Crippen LogP) is 4.25.